The zero-order valence-electron chi connectivity index (χ0n) is 22.4. The Morgan fingerprint density at radius 2 is 1.38 bits per heavy atom. The van der Waals surface area contributed by atoms with E-state index in [1.165, 1.54) is 63.9 Å². The predicted octanol–water partition coefficient (Wildman–Crippen LogP) is 9.98. The van der Waals surface area contributed by atoms with Gasteiger partial charge in [-0.2, -0.15) is 0 Å². The van der Waals surface area contributed by atoms with E-state index >= 15 is 4.39 Å². The van der Waals surface area contributed by atoms with Crippen molar-refractivity contribution >= 4 is 5.97 Å². The van der Waals surface area contributed by atoms with Crippen LogP contribution in [0.4, 0.5) is 17.6 Å². The van der Waals surface area contributed by atoms with Crippen LogP contribution in [-0.2, 0) is 6.42 Å². The highest BCUT2D eigenvalue weighted by Crippen LogP contribution is 2.38. The van der Waals surface area contributed by atoms with Gasteiger partial charge in [0.15, 0.2) is 17.5 Å². The molecule has 39 heavy (non-hydrogen) atoms. The van der Waals surface area contributed by atoms with Crippen LogP contribution in [-0.4, -0.2) is 11.1 Å². The van der Waals surface area contributed by atoms with Crippen molar-refractivity contribution in [2.45, 2.75) is 77.6 Å². The summed E-state index contributed by atoms with van der Waals surface area (Å²) in [5.41, 5.74) is 0.790. The topological polar surface area (TPSA) is 37.3 Å². The van der Waals surface area contributed by atoms with Crippen LogP contribution < -0.4 is 0 Å². The fraction of sp³-hybridized carbons (Fsp3) is 0.424. The molecule has 0 heterocycles. The summed E-state index contributed by atoms with van der Waals surface area (Å²) in [6.45, 7) is 2.24. The number of unbranched alkanes of at least 4 members (excludes halogenated alkanes) is 3. The second kappa shape index (κ2) is 13.3. The maximum atomic E-state index is 15.3. The van der Waals surface area contributed by atoms with Gasteiger partial charge in [-0.25, -0.2) is 22.4 Å². The summed E-state index contributed by atoms with van der Waals surface area (Å²) in [7, 11) is 0. The van der Waals surface area contributed by atoms with Crippen LogP contribution in [0.5, 0.6) is 0 Å². The van der Waals surface area contributed by atoms with Crippen LogP contribution in [0.3, 0.4) is 0 Å². The Morgan fingerprint density at radius 3 is 1.97 bits per heavy atom. The number of rotatable bonds is 11. The van der Waals surface area contributed by atoms with Crippen LogP contribution >= 0.6 is 0 Å². The van der Waals surface area contributed by atoms with E-state index in [9.17, 15) is 23.1 Å². The standard InChI is InChI=1S/C33H36F4O2/c1-2-3-4-5-6-21-7-9-22(10-8-21)11-12-23-13-15-24(16-14-23)26-17-18-27(33(38)39)31(36)30(26)25-19-28(34)32(37)29(35)20-25/h13-22H,2-12H2,1H3,(H,38,39)/t21-,22-. The first-order valence-electron chi connectivity index (χ1n) is 14.1. The van der Waals surface area contributed by atoms with Crippen molar-refractivity contribution in [2.24, 2.45) is 11.8 Å². The molecule has 0 unspecified atom stereocenters. The second-order valence-electron chi connectivity index (χ2n) is 10.9. The summed E-state index contributed by atoms with van der Waals surface area (Å²) in [5, 5.41) is 9.38. The van der Waals surface area contributed by atoms with Gasteiger partial charge in [-0.15, -0.1) is 0 Å². The third-order valence-corrected chi connectivity index (χ3v) is 8.18. The number of aryl methyl sites for hydroxylation is 1. The minimum atomic E-state index is -1.67. The molecular formula is C33H36F4O2. The van der Waals surface area contributed by atoms with Gasteiger partial charge in [-0.1, -0.05) is 95.0 Å². The van der Waals surface area contributed by atoms with Gasteiger partial charge in [0, 0.05) is 5.56 Å². The summed E-state index contributed by atoms with van der Waals surface area (Å²) < 4.78 is 56.9. The minimum Gasteiger partial charge on any atom is -0.478 e. The molecule has 1 N–H and O–H groups in total. The summed E-state index contributed by atoms with van der Waals surface area (Å²) >= 11 is 0. The lowest BCUT2D eigenvalue weighted by molar-refractivity contribution is 0.0692. The lowest BCUT2D eigenvalue weighted by Crippen LogP contribution is -2.15. The zero-order valence-corrected chi connectivity index (χ0v) is 22.4. The van der Waals surface area contributed by atoms with Gasteiger partial charge < -0.3 is 5.11 Å². The van der Waals surface area contributed by atoms with Gasteiger partial charge in [0.05, 0.1) is 5.56 Å². The number of carbonyl (C=O) groups is 1. The number of aromatic carboxylic acids is 1. The quantitative estimate of drug-likeness (QED) is 0.149. The Bertz CT molecular complexity index is 1250. The highest BCUT2D eigenvalue weighted by Gasteiger charge is 2.23. The molecule has 2 nitrogen and oxygen atoms in total. The number of carboxylic acids is 1. The SMILES string of the molecule is CCCCCC[C@H]1CC[C@H](CCc2ccc(-c3ccc(C(=O)O)c(F)c3-c3cc(F)c(F)c(F)c3)cc2)CC1. The van der Waals surface area contributed by atoms with Crippen LogP contribution in [0.25, 0.3) is 22.3 Å². The van der Waals surface area contributed by atoms with Crippen LogP contribution in [0.2, 0.25) is 0 Å². The molecule has 208 valence electrons. The highest BCUT2D eigenvalue weighted by molar-refractivity contribution is 5.94. The van der Waals surface area contributed by atoms with E-state index in [1.807, 2.05) is 12.1 Å². The lowest BCUT2D eigenvalue weighted by atomic mass is 9.77. The number of halogens is 4. The Hall–Kier alpha value is -3.15. The second-order valence-corrected chi connectivity index (χ2v) is 10.9. The molecule has 0 saturated heterocycles. The largest absolute Gasteiger partial charge is 0.478 e. The van der Waals surface area contributed by atoms with Crippen LogP contribution in [0.1, 0.15) is 87.1 Å². The van der Waals surface area contributed by atoms with Crippen molar-refractivity contribution in [2.75, 3.05) is 0 Å². The molecule has 1 fully saturated rings. The van der Waals surface area contributed by atoms with E-state index in [0.29, 0.717) is 17.7 Å². The van der Waals surface area contributed by atoms with Gasteiger partial charge in [0.2, 0.25) is 0 Å². The number of hydrogen-bond acceptors (Lipinski definition) is 1. The molecule has 0 bridgehead atoms. The van der Waals surface area contributed by atoms with Gasteiger partial charge in [0.25, 0.3) is 0 Å². The van der Waals surface area contributed by atoms with E-state index in [-0.39, 0.29) is 16.7 Å². The molecule has 1 aliphatic rings. The highest BCUT2D eigenvalue weighted by atomic mass is 19.2. The van der Waals surface area contributed by atoms with Crippen LogP contribution in [0, 0.1) is 35.1 Å². The summed E-state index contributed by atoms with van der Waals surface area (Å²) in [5.74, 6) is -5.65. The van der Waals surface area contributed by atoms with Gasteiger partial charge >= 0.3 is 5.97 Å². The molecular weight excluding hydrogens is 504 g/mol. The first kappa shape index (κ1) is 28.8. The van der Waals surface area contributed by atoms with Crippen molar-refractivity contribution < 1.29 is 27.5 Å². The monoisotopic (exact) mass is 540 g/mol. The van der Waals surface area contributed by atoms with Crippen molar-refractivity contribution in [1.29, 1.82) is 0 Å². The Morgan fingerprint density at radius 1 is 0.769 bits per heavy atom. The third kappa shape index (κ3) is 7.09. The van der Waals surface area contributed by atoms with Gasteiger partial charge in [-0.05, 0) is 65.1 Å². The molecule has 1 saturated carbocycles. The number of hydrogen-bond donors (Lipinski definition) is 1. The first-order valence-corrected chi connectivity index (χ1v) is 14.1. The van der Waals surface area contributed by atoms with Crippen molar-refractivity contribution in [3.05, 3.63) is 82.9 Å². The smallest absolute Gasteiger partial charge is 0.338 e. The molecule has 6 heteroatoms. The van der Waals surface area contributed by atoms with Gasteiger partial charge in [0.1, 0.15) is 5.82 Å². The molecule has 0 spiro atoms. The van der Waals surface area contributed by atoms with Crippen molar-refractivity contribution in [3.63, 3.8) is 0 Å². The maximum Gasteiger partial charge on any atom is 0.338 e. The summed E-state index contributed by atoms with van der Waals surface area (Å²) in [6.07, 6.45) is 13.9. The number of carboxylic acid groups (broad SMARTS) is 1. The molecule has 1 aliphatic carbocycles. The van der Waals surface area contributed by atoms with E-state index in [4.69, 9.17) is 0 Å². The minimum absolute atomic E-state index is 0.270. The predicted molar refractivity (Wildman–Crippen MR) is 147 cm³/mol. The Labute approximate surface area is 228 Å². The van der Waals surface area contributed by atoms with Crippen molar-refractivity contribution in [1.82, 2.24) is 0 Å². The molecule has 0 aromatic heterocycles. The molecule has 3 aromatic carbocycles. The lowest BCUT2D eigenvalue weighted by Gasteiger charge is -2.28. The molecule has 0 atom stereocenters. The van der Waals surface area contributed by atoms with E-state index in [1.54, 1.807) is 12.1 Å². The number of benzene rings is 3. The van der Waals surface area contributed by atoms with Gasteiger partial charge in [-0.3, -0.25) is 0 Å². The first-order chi connectivity index (χ1) is 18.8. The fourth-order valence-corrected chi connectivity index (χ4v) is 5.85. The Balaban J connectivity index is 1.46. The Kier molecular flexibility index (Phi) is 9.82. The third-order valence-electron chi connectivity index (χ3n) is 8.18. The average Bonchev–Trinajstić information content (AvgIpc) is 2.93. The average molecular weight is 541 g/mol. The van der Waals surface area contributed by atoms with E-state index in [0.717, 1.165) is 36.3 Å². The van der Waals surface area contributed by atoms with E-state index in [2.05, 4.69) is 6.92 Å². The normalized spacial score (nSPS) is 17.4. The summed E-state index contributed by atoms with van der Waals surface area (Å²) in [6, 6.07) is 11.4. The zero-order chi connectivity index (χ0) is 27.9. The molecule has 0 aliphatic heterocycles. The molecule has 0 radical (unpaired) electrons. The molecule has 3 aromatic rings. The van der Waals surface area contributed by atoms with E-state index < -0.39 is 34.8 Å². The fourth-order valence-electron chi connectivity index (χ4n) is 5.85. The van der Waals surface area contributed by atoms with Crippen LogP contribution in [0.15, 0.2) is 48.5 Å². The maximum absolute atomic E-state index is 15.3. The molecule has 4 rings (SSSR count). The summed E-state index contributed by atoms with van der Waals surface area (Å²) in [4.78, 5) is 11.5. The molecule has 0 amide bonds. The van der Waals surface area contributed by atoms with Crippen molar-refractivity contribution in [3.8, 4) is 22.3 Å².